The normalized spacial score (nSPS) is 11.9. The number of hydrogen-bond acceptors (Lipinski definition) is 4. The van der Waals surface area contributed by atoms with Gasteiger partial charge in [-0.2, -0.15) is 26.3 Å². The topological polar surface area (TPSA) is 66.9 Å². The van der Waals surface area contributed by atoms with Gasteiger partial charge in [-0.1, -0.05) is 0 Å². The number of rotatable bonds is 5. The molecule has 0 saturated carbocycles. The van der Waals surface area contributed by atoms with Gasteiger partial charge in [0.05, 0.1) is 5.56 Å². The lowest BCUT2D eigenvalue weighted by Crippen LogP contribution is -2.29. The zero-order valence-electron chi connectivity index (χ0n) is 12.9. The summed E-state index contributed by atoms with van der Waals surface area (Å²) in [6.45, 7) is 0.0210. The minimum atomic E-state index is -4.60. The van der Waals surface area contributed by atoms with Gasteiger partial charge in [-0.25, -0.2) is 9.97 Å². The van der Waals surface area contributed by atoms with Gasteiger partial charge in [0.15, 0.2) is 0 Å². The van der Waals surface area contributed by atoms with Crippen LogP contribution in [0.4, 0.5) is 32.3 Å². The lowest BCUT2D eigenvalue weighted by molar-refractivity contribution is -0.141. The van der Waals surface area contributed by atoms with E-state index in [0.29, 0.717) is 0 Å². The highest BCUT2D eigenvalue weighted by atomic mass is 19.4. The molecule has 26 heavy (non-hydrogen) atoms. The Kier molecular flexibility index (Phi) is 5.68. The number of hydrogen-bond donors (Lipinski definition) is 2. The number of aromatic nitrogens is 2. The van der Waals surface area contributed by atoms with Crippen molar-refractivity contribution < 1.29 is 31.1 Å². The Morgan fingerprint density at radius 2 is 1.58 bits per heavy atom. The van der Waals surface area contributed by atoms with Crippen LogP contribution in [0.15, 0.2) is 36.5 Å². The highest BCUT2D eigenvalue weighted by molar-refractivity contribution is 5.94. The molecule has 0 aliphatic rings. The van der Waals surface area contributed by atoms with Crippen LogP contribution in [0.3, 0.4) is 0 Å². The Labute approximate surface area is 143 Å². The summed E-state index contributed by atoms with van der Waals surface area (Å²) in [7, 11) is 0. The van der Waals surface area contributed by atoms with Crippen molar-refractivity contribution >= 4 is 11.9 Å². The third-order valence-electron chi connectivity index (χ3n) is 3.11. The van der Waals surface area contributed by atoms with E-state index in [9.17, 15) is 31.1 Å². The Bertz CT molecular complexity index is 758. The maximum Gasteiger partial charge on any atom is 0.433 e. The van der Waals surface area contributed by atoms with Crippen molar-refractivity contribution in [2.24, 2.45) is 0 Å². The molecule has 140 valence electrons. The summed E-state index contributed by atoms with van der Waals surface area (Å²) >= 11 is 0. The van der Waals surface area contributed by atoms with Gasteiger partial charge in [-0.3, -0.25) is 4.79 Å². The van der Waals surface area contributed by atoms with Gasteiger partial charge in [-0.15, -0.1) is 0 Å². The van der Waals surface area contributed by atoms with Crippen LogP contribution in [0.2, 0.25) is 0 Å². The highest BCUT2D eigenvalue weighted by Crippen LogP contribution is 2.29. The van der Waals surface area contributed by atoms with Crippen LogP contribution in [0.1, 0.15) is 21.6 Å². The number of nitrogens with zero attached hydrogens (tertiary/aromatic N) is 2. The van der Waals surface area contributed by atoms with Crippen LogP contribution in [0, 0.1) is 0 Å². The molecule has 2 aromatic rings. The van der Waals surface area contributed by atoms with Gasteiger partial charge in [0.25, 0.3) is 5.91 Å². The maximum atomic E-state index is 12.5. The van der Waals surface area contributed by atoms with Crippen molar-refractivity contribution in [3.05, 3.63) is 53.3 Å². The van der Waals surface area contributed by atoms with E-state index < -0.39 is 29.5 Å². The van der Waals surface area contributed by atoms with Crippen LogP contribution < -0.4 is 10.6 Å². The van der Waals surface area contributed by atoms with E-state index in [2.05, 4.69) is 20.6 Å². The fourth-order valence-corrected chi connectivity index (χ4v) is 1.86. The van der Waals surface area contributed by atoms with Crippen molar-refractivity contribution in [2.75, 3.05) is 18.4 Å². The molecule has 0 saturated heterocycles. The van der Waals surface area contributed by atoms with Gasteiger partial charge in [-0.05, 0) is 30.3 Å². The van der Waals surface area contributed by atoms with Gasteiger partial charge < -0.3 is 10.6 Å². The number of carbonyl (C=O) groups excluding carboxylic acids is 1. The zero-order valence-corrected chi connectivity index (χ0v) is 12.9. The first-order valence-corrected chi connectivity index (χ1v) is 7.17. The first-order chi connectivity index (χ1) is 12.1. The number of alkyl halides is 6. The minimum absolute atomic E-state index is 0.000535. The molecule has 1 amide bonds. The molecule has 2 N–H and O–H groups in total. The number of amides is 1. The molecule has 0 bridgehead atoms. The number of benzene rings is 1. The predicted molar refractivity (Wildman–Crippen MR) is 79.3 cm³/mol. The molecule has 0 fully saturated rings. The summed E-state index contributed by atoms with van der Waals surface area (Å²) < 4.78 is 74.8. The van der Waals surface area contributed by atoms with E-state index >= 15 is 0 Å². The van der Waals surface area contributed by atoms with Crippen LogP contribution in [0.25, 0.3) is 0 Å². The molecule has 0 spiro atoms. The zero-order chi connectivity index (χ0) is 19.4. The third-order valence-corrected chi connectivity index (χ3v) is 3.11. The average molecular weight is 378 g/mol. The monoisotopic (exact) mass is 378 g/mol. The number of halogens is 6. The van der Waals surface area contributed by atoms with E-state index in [-0.39, 0.29) is 24.6 Å². The third kappa shape index (κ3) is 5.33. The van der Waals surface area contributed by atoms with Crippen LogP contribution in [0.5, 0.6) is 0 Å². The molecular weight excluding hydrogens is 366 g/mol. The second kappa shape index (κ2) is 7.58. The smallest absolute Gasteiger partial charge is 0.352 e. The summed E-state index contributed by atoms with van der Waals surface area (Å²) in [5.74, 6) is -0.880. The maximum absolute atomic E-state index is 12.5. The molecule has 1 aromatic carbocycles. The van der Waals surface area contributed by atoms with E-state index in [0.717, 1.165) is 36.5 Å². The summed E-state index contributed by atoms with van der Waals surface area (Å²) in [6.07, 6.45) is -8.15. The summed E-state index contributed by atoms with van der Waals surface area (Å²) in [4.78, 5) is 18.7. The minimum Gasteiger partial charge on any atom is -0.352 e. The summed E-state index contributed by atoms with van der Waals surface area (Å²) in [5, 5.41) is 4.92. The van der Waals surface area contributed by atoms with E-state index in [1.54, 1.807) is 0 Å². The molecule has 2 rings (SSSR count). The molecule has 1 heterocycles. The molecule has 0 aliphatic carbocycles. The van der Waals surface area contributed by atoms with Gasteiger partial charge in [0.1, 0.15) is 5.69 Å². The fourth-order valence-electron chi connectivity index (χ4n) is 1.86. The van der Waals surface area contributed by atoms with Gasteiger partial charge >= 0.3 is 12.4 Å². The van der Waals surface area contributed by atoms with Crippen molar-refractivity contribution in [1.82, 2.24) is 15.3 Å². The average Bonchev–Trinajstić information content (AvgIpc) is 2.57. The summed E-state index contributed by atoms with van der Waals surface area (Å²) in [6, 6.07) is 4.34. The summed E-state index contributed by atoms with van der Waals surface area (Å²) in [5.41, 5.74) is -1.96. The van der Waals surface area contributed by atoms with E-state index in [1.807, 2.05) is 0 Å². The lowest BCUT2D eigenvalue weighted by Gasteiger charge is -2.10. The Balaban J connectivity index is 1.84. The van der Waals surface area contributed by atoms with E-state index in [4.69, 9.17) is 0 Å². The van der Waals surface area contributed by atoms with Crippen molar-refractivity contribution in [2.45, 2.75) is 12.4 Å². The number of carbonyl (C=O) groups is 1. The van der Waals surface area contributed by atoms with Crippen LogP contribution >= 0.6 is 0 Å². The first-order valence-electron chi connectivity index (χ1n) is 7.17. The largest absolute Gasteiger partial charge is 0.433 e. The number of anilines is 1. The molecule has 0 radical (unpaired) electrons. The van der Waals surface area contributed by atoms with E-state index in [1.165, 1.54) is 0 Å². The quantitative estimate of drug-likeness (QED) is 0.619. The lowest BCUT2D eigenvalue weighted by atomic mass is 10.1. The SMILES string of the molecule is O=C(NCCNc1nccc(C(F)(F)F)n1)c1ccc(C(F)(F)F)cc1. The molecule has 5 nitrogen and oxygen atoms in total. The second-order valence-corrected chi connectivity index (χ2v) is 5.02. The van der Waals surface area contributed by atoms with Crippen molar-refractivity contribution in [3.8, 4) is 0 Å². The van der Waals surface area contributed by atoms with Gasteiger partial charge in [0.2, 0.25) is 5.95 Å². The van der Waals surface area contributed by atoms with Crippen molar-refractivity contribution in [1.29, 1.82) is 0 Å². The highest BCUT2D eigenvalue weighted by Gasteiger charge is 2.32. The number of nitrogens with one attached hydrogen (secondary N) is 2. The molecule has 0 atom stereocenters. The standard InChI is InChI=1S/C15H12F6N4O/c16-14(17,18)10-3-1-9(2-4-10)12(26)22-7-8-24-13-23-6-5-11(25-13)15(19,20)21/h1-6H,7-8H2,(H,22,26)(H,23,24,25). The molecular formula is C15H12F6N4O. The Hall–Kier alpha value is -2.85. The second-order valence-electron chi connectivity index (χ2n) is 5.02. The predicted octanol–water partition coefficient (Wildman–Crippen LogP) is 3.36. The van der Waals surface area contributed by atoms with Crippen LogP contribution in [-0.4, -0.2) is 29.0 Å². The molecule has 11 heteroatoms. The first kappa shape index (κ1) is 19.5. The fraction of sp³-hybridized carbons (Fsp3) is 0.267. The Morgan fingerprint density at radius 3 is 2.15 bits per heavy atom. The van der Waals surface area contributed by atoms with Crippen LogP contribution in [-0.2, 0) is 12.4 Å². The van der Waals surface area contributed by atoms with Crippen molar-refractivity contribution in [3.63, 3.8) is 0 Å². The molecule has 0 aliphatic heterocycles. The molecule has 1 aromatic heterocycles. The Morgan fingerprint density at radius 1 is 0.923 bits per heavy atom. The molecule has 0 unspecified atom stereocenters. The van der Waals surface area contributed by atoms with Gasteiger partial charge in [0, 0.05) is 24.8 Å².